The van der Waals surface area contributed by atoms with Gasteiger partial charge in [0, 0.05) is 37.8 Å². The normalized spacial score (nSPS) is 14.1. The summed E-state index contributed by atoms with van der Waals surface area (Å²) in [7, 11) is 1.62. The Morgan fingerprint density at radius 3 is 2.80 bits per heavy atom. The van der Waals surface area contributed by atoms with Crippen LogP contribution in [-0.2, 0) is 28.5 Å². The van der Waals surface area contributed by atoms with Gasteiger partial charge in [-0.2, -0.15) is 13.2 Å². The van der Waals surface area contributed by atoms with Gasteiger partial charge in [-0.05, 0) is 68.8 Å². The summed E-state index contributed by atoms with van der Waals surface area (Å²) in [5.41, 5.74) is 1.15. The smallest absolute Gasteiger partial charge is 0.418 e. The van der Waals surface area contributed by atoms with Crippen molar-refractivity contribution in [3.63, 3.8) is 0 Å². The van der Waals surface area contributed by atoms with Crippen LogP contribution in [0.15, 0.2) is 36.7 Å². The highest BCUT2D eigenvalue weighted by Crippen LogP contribution is 2.35. The second-order valence-corrected chi connectivity index (χ2v) is 9.88. The Balaban J connectivity index is 1.35. The largest absolute Gasteiger partial charge is 0.480 e. The number of benzene rings is 1. The first-order chi connectivity index (χ1) is 19.3. The highest BCUT2D eigenvalue weighted by molar-refractivity contribution is 5.92. The molecule has 12 heteroatoms. The zero-order valence-electron chi connectivity index (χ0n) is 22.5. The number of para-hydroxylation sites is 1. The molecule has 3 heterocycles. The number of nitrogens with one attached hydrogen (secondary N) is 2. The lowest BCUT2D eigenvalue weighted by atomic mass is 10.1. The number of halogens is 3. The van der Waals surface area contributed by atoms with Crippen molar-refractivity contribution in [3.8, 4) is 0 Å². The molecule has 40 heavy (non-hydrogen) atoms. The molecule has 4 rings (SSSR count). The molecule has 9 nitrogen and oxygen atoms in total. The maximum absolute atomic E-state index is 13.4. The summed E-state index contributed by atoms with van der Waals surface area (Å²) in [4.78, 5) is 26.8. The molecule has 0 aliphatic carbocycles. The van der Waals surface area contributed by atoms with E-state index in [9.17, 15) is 23.1 Å². The summed E-state index contributed by atoms with van der Waals surface area (Å²) < 4.78 is 45.6. The Labute approximate surface area is 231 Å². The number of nitrogens with zero attached hydrogens (tertiary/aromatic N) is 4. The summed E-state index contributed by atoms with van der Waals surface area (Å²) in [6, 6.07) is 6.84. The van der Waals surface area contributed by atoms with E-state index in [0.717, 1.165) is 69.1 Å². The summed E-state index contributed by atoms with van der Waals surface area (Å²) in [5.74, 6) is -0.0692. The summed E-state index contributed by atoms with van der Waals surface area (Å²) >= 11 is 0. The first-order valence-corrected chi connectivity index (χ1v) is 13.5. The number of unbranched alkanes of at least 4 members (excludes halogenated alkanes) is 1. The quantitative estimate of drug-likeness (QED) is 0.243. The molecule has 1 aliphatic heterocycles. The van der Waals surface area contributed by atoms with Crippen molar-refractivity contribution in [2.45, 2.75) is 50.7 Å². The van der Waals surface area contributed by atoms with E-state index < -0.39 is 23.8 Å². The number of rotatable bonds is 14. The maximum Gasteiger partial charge on any atom is 0.418 e. The zero-order valence-corrected chi connectivity index (χ0v) is 22.5. The molecule has 1 atom stereocenters. The number of fused-ring (bicyclic) bond motifs is 2. The van der Waals surface area contributed by atoms with Crippen molar-refractivity contribution in [3.05, 3.63) is 53.5 Å². The molecule has 0 fully saturated rings. The number of aromatic nitrogens is 3. The topological polar surface area (TPSA) is 113 Å². The Morgan fingerprint density at radius 2 is 2.02 bits per heavy atom. The number of alkyl halides is 3. The van der Waals surface area contributed by atoms with Crippen LogP contribution >= 0.6 is 0 Å². The minimum atomic E-state index is -4.59. The fourth-order valence-electron chi connectivity index (χ4n) is 4.87. The van der Waals surface area contributed by atoms with E-state index in [0.29, 0.717) is 19.7 Å². The third-order valence-corrected chi connectivity index (χ3v) is 7.03. The van der Waals surface area contributed by atoms with Crippen LogP contribution in [0, 0.1) is 0 Å². The molecule has 0 saturated carbocycles. The van der Waals surface area contributed by atoms with Gasteiger partial charge in [-0.1, -0.05) is 12.1 Å². The Kier molecular flexibility index (Phi) is 10.1. The van der Waals surface area contributed by atoms with E-state index in [2.05, 4.69) is 37.6 Å². The number of ether oxygens (including phenoxy) is 1. The van der Waals surface area contributed by atoms with Crippen molar-refractivity contribution in [1.82, 2.24) is 19.9 Å². The summed E-state index contributed by atoms with van der Waals surface area (Å²) in [6.45, 7) is 3.30. The van der Waals surface area contributed by atoms with Crippen LogP contribution in [0.3, 0.4) is 0 Å². The molecule has 1 unspecified atom stereocenters. The molecule has 0 amide bonds. The van der Waals surface area contributed by atoms with Gasteiger partial charge in [0.1, 0.15) is 24.0 Å². The van der Waals surface area contributed by atoms with Crippen LogP contribution in [0.5, 0.6) is 0 Å². The fourth-order valence-corrected chi connectivity index (χ4v) is 4.87. The molecule has 0 radical (unpaired) electrons. The van der Waals surface area contributed by atoms with Crippen molar-refractivity contribution < 1.29 is 27.8 Å². The number of aliphatic carboxylic acids is 1. The lowest BCUT2D eigenvalue weighted by Gasteiger charge is -2.24. The minimum absolute atomic E-state index is 0.0546. The molecule has 216 valence electrons. The fraction of sp³-hybridized carbons (Fsp3) is 0.500. The third kappa shape index (κ3) is 7.79. The van der Waals surface area contributed by atoms with Gasteiger partial charge >= 0.3 is 12.1 Å². The summed E-state index contributed by atoms with van der Waals surface area (Å²) in [6.07, 6.45) is 1.51. The Morgan fingerprint density at radius 1 is 1.18 bits per heavy atom. The van der Waals surface area contributed by atoms with Gasteiger partial charge < -0.3 is 25.4 Å². The van der Waals surface area contributed by atoms with Crippen molar-refractivity contribution in [1.29, 1.82) is 0 Å². The predicted octanol–water partition coefficient (Wildman–Crippen LogP) is 4.63. The number of aryl methyl sites for hydroxylation is 2. The number of hydrogen-bond acceptors (Lipinski definition) is 8. The summed E-state index contributed by atoms with van der Waals surface area (Å²) in [5, 5.41) is 16.2. The Hall–Kier alpha value is -3.51. The van der Waals surface area contributed by atoms with Gasteiger partial charge in [-0.25, -0.2) is 19.7 Å². The number of pyridine rings is 1. The average Bonchev–Trinajstić information content (AvgIpc) is 2.94. The van der Waals surface area contributed by atoms with E-state index in [1.54, 1.807) is 7.11 Å². The molecule has 1 aromatic carbocycles. The van der Waals surface area contributed by atoms with Crippen molar-refractivity contribution >= 4 is 28.5 Å². The van der Waals surface area contributed by atoms with Crippen molar-refractivity contribution in [2.24, 2.45) is 0 Å². The number of anilines is 2. The molecule has 3 N–H and O–H groups in total. The van der Waals surface area contributed by atoms with Crippen LogP contribution in [0.2, 0.25) is 0 Å². The second-order valence-electron chi connectivity index (χ2n) is 9.88. The van der Waals surface area contributed by atoms with E-state index >= 15 is 0 Å². The second kappa shape index (κ2) is 13.7. The molecule has 0 spiro atoms. The number of hydrogen-bond donors (Lipinski definition) is 3. The zero-order chi connectivity index (χ0) is 28.5. The monoisotopic (exact) mass is 560 g/mol. The van der Waals surface area contributed by atoms with Gasteiger partial charge in [0.15, 0.2) is 0 Å². The van der Waals surface area contributed by atoms with E-state index in [4.69, 9.17) is 9.72 Å². The average molecular weight is 561 g/mol. The van der Waals surface area contributed by atoms with Crippen LogP contribution in [0.25, 0.3) is 10.9 Å². The van der Waals surface area contributed by atoms with Gasteiger partial charge in [-0.15, -0.1) is 0 Å². The van der Waals surface area contributed by atoms with Crippen LogP contribution in [-0.4, -0.2) is 76.9 Å². The van der Waals surface area contributed by atoms with Crippen molar-refractivity contribution in [2.75, 3.05) is 50.5 Å². The maximum atomic E-state index is 13.4. The molecule has 0 bridgehead atoms. The molecule has 1 aliphatic rings. The number of carboxylic acid groups (broad SMARTS) is 1. The highest BCUT2D eigenvalue weighted by Gasteiger charge is 2.33. The van der Waals surface area contributed by atoms with Gasteiger partial charge in [0.05, 0.1) is 17.7 Å². The number of carbonyl (C=O) groups is 1. The third-order valence-electron chi connectivity index (χ3n) is 7.03. The van der Waals surface area contributed by atoms with E-state index in [1.807, 2.05) is 0 Å². The molecule has 0 saturated heterocycles. The first kappa shape index (κ1) is 29.5. The minimum Gasteiger partial charge on any atom is -0.480 e. The van der Waals surface area contributed by atoms with E-state index in [-0.39, 0.29) is 23.1 Å². The van der Waals surface area contributed by atoms with Crippen LogP contribution in [0.1, 0.15) is 42.5 Å². The van der Waals surface area contributed by atoms with Gasteiger partial charge in [-0.3, -0.25) is 0 Å². The first-order valence-electron chi connectivity index (χ1n) is 13.5. The van der Waals surface area contributed by atoms with Crippen LogP contribution < -0.4 is 10.6 Å². The Bertz CT molecular complexity index is 1290. The standard InChI is InChI=1S/C28H35F3N6O3/c1-40-17-16-37(14-3-2-7-20-11-10-19-6-5-13-32-25(19)35-20)15-12-23(27(38)39)36-26-21-8-4-9-22(28(29,30)31)24(21)33-18-34-26/h4,8-11,18,23H,2-3,5-7,12-17H2,1H3,(H,32,35)(H,38,39)(H,33,34,36). The highest BCUT2D eigenvalue weighted by atomic mass is 19.4. The lowest BCUT2D eigenvalue weighted by molar-refractivity contribution is -0.138. The van der Waals surface area contributed by atoms with E-state index in [1.165, 1.54) is 17.7 Å². The number of carboxylic acids is 1. The molecular formula is C28H35F3N6O3. The predicted molar refractivity (Wildman–Crippen MR) is 147 cm³/mol. The van der Waals surface area contributed by atoms with Gasteiger partial charge in [0.2, 0.25) is 0 Å². The lowest BCUT2D eigenvalue weighted by Crippen LogP contribution is -2.37. The SMILES string of the molecule is COCCN(CCCCc1ccc2c(n1)NCCC2)CCC(Nc1ncnc2c(C(F)(F)F)cccc12)C(=O)O. The number of methoxy groups -OCH3 is 1. The molecule has 3 aromatic rings. The molecular weight excluding hydrogens is 525 g/mol. The molecule has 2 aromatic heterocycles. The van der Waals surface area contributed by atoms with Gasteiger partial charge in [0.25, 0.3) is 0 Å². The van der Waals surface area contributed by atoms with Crippen LogP contribution in [0.4, 0.5) is 24.8 Å².